The third kappa shape index (κ3) is 2.51. The Balaban J connectivity index is 2.75. The van der Waals surface area contributed by atoms with Gasteiger partial charge in [0.25, 0.3) is 0 Å². The molecule has 1 heterocycles. The smallest absolute Gasteiger partial charge is 0.230 e. The summed E-state index contributed by atoms with van der Waals surface area (Å²) in [6.45, 7) is 9.83. The maximum Gasteiger partial charge on any atom is 0.230 e. The molecule has 3 nitrogen and oxygen atoms in total. The molecule has 88 valence electrons. The van der Waals surface area contributed by atoms with Crippen molar-refractivity contribution in [3.8, 4) is 0 Å². The van der Waals surface area contributed by atoms with Gasteiger partial charge in [-0.2, -0.15) is 0 Å². The molecule has 1 N–H and O–H groups in total. The molecule has 1 aliphatic heterocycles. The van der Waals surface area contributed by atoms with Crippen molar-refractivity contribution in [3.05, 3.63) is 0 Å². The van der Waals surface area contributed by atoms with Gasteiger partial charge in [-0.1, -0.05) is 6.92 Å². The fourth-order valence-electron chi connectivity index (χ4n) is 2.45. The van der Waals surface area contributed by atoms with E-state index < -0.39 is 0 Å². The van der Waals surface area contributed by atoms with Gasteiger partial charge < -0.3 is 10.2 Å². The molecule has 15 heavy (non-hydrogen) atoms. The Morgan fingerprint density at radius 1 is 1.33 bits per heavy atom. The molecule has 0 bridgehead atoms. The van der Waals surface area contributed by atoms with Crippen LogP contribution >= 0.6 is 0 Å². The summed E-state index contributed by atoms with van der Waals surface area (Å²) in [5.41, 5.74) is -0.121. The van der Waals surface area contributed by atoms with E-state index >= 15 is 0 Å². The molecule has 0 saturated carbocycles. The van der Waals surface area contributed by atoms with E-state index in [-0.39, 0.29) is 5.41 Å². The zero-order valence-corrected chi connectivity index (χ0v) is 10.3. The topological polar surface area (TPSA) is 32.3 Å². The molecule has 0 aromatic carbocycles. The van der Waals surface area contributed by atoms with E-state index in [0.29, 0.717) is 5.91 Å². The molecule has 0 aromatic heterocycles. The Kier molecular flexibility index (Phi) is 4.58. The molecule has 1 unspecified atom stereocenters. The van der Waals surface area contributed by atoms with Crippen LogP contribution in [-0.2, 0) is 4.79 Å². The molecule has 0 radical (unpaired) electrons. The minimum absolute atomic E-state index is 0.121. The molecule has 1 amide bonds. The first-order valence-corrected chi connectivity index (χ1v) is 6.20. The summed E-state index contributed by atoms with van der Waals surface area (Å²) in [6, 6.07) is 0. The van der Waals surface area contributed by atoms with Gasteiger partial charge in [-0.15, -0.1) is 0 Å². The minimum atomic E-state index is -0.121. The normalized spacial score (nSPS) is 26.3. The highest BCUT2D eigenvalue weighted by molar-refractivity contribution is 5.83. The molecule has 0 spiro atoms. The average molecular weight is 212 g/mol. The molecule has 1 saturated heterocycles. The van der Waals surface area contributed by atoms with Crippen LogP contribution in [0.1, 0.15) is 40.0 Å². The third-order valence-electron chi connectivity index (χ3n) is 3.65. The van der Waals surface area contributed by atoms with Crippen molar-refractivity contribution in [2.45, 2.75) is 40.0 Å². The van der Waals surface area contributed by atoms with Gasteiger partial charge in [-0.25, -0.2) is 0 Å². The lowest BCUT2D eigenvalue weighted by Crippen LogP contribution is -2.51. The first kappa shape index (κ1) is 12.5. The summed E-state index contributed by atoms with van der Waals surface area (Å²) in [7, 11) is 0. The SMILES string of the molecule is CCN(CC)C(=O)C1(CC)CCCNC1. The van der Waals surface area contributed by atoms with Gasteiger partial charge in [0.05, 0.1) is 5.41 Å². The maximum atomic E-state index is 12.4. The number of nitrogens with one attached hydrogen (secondary N) is 1. The van der Waals surface area contributed by atoms with Gasteiger partial charge in [-0.05, 0) is 39.7 Å². The molecular weight excluding hydrogens is 188 g/mol. The second-order valence-corrected chi connectivity index (χ2v) is 4.39. The van der Waals surface area contributed by atoms with E-state index in [1.165, 1.54) is 0 Å². The van der Waals surface area contributed by atoms with Gasteiger partial charge in [0.15, 0.2) is 0 Å². The largest absolute Gasteiger partial charge is 0.343 e. The van der Waals surface area contributed by atoms with Crippen LogP contribution in [0, 0.1) is 5.41 Å². The number of piperidine rings is 1. The van der Waals surface area contributed by atoms with Crippen LogP contribution in [0.5, 0.6) is 0 Å². The predicted octanol–water partition coefficient (Wildman–Crippen LogP) is 1.63. The molecule has 1 aliphatic rings. The first-order valence-electron chi connectivity index (χ1n) is 6.20. The van der Waals surface area contributed by atoms with Crippen molar-refractivity contribution in [1.82, 2.24) is 10.2 Å². The van der Waals surface area contributed by atoms with Crippen molar-refractivity contribution in [1.29, 1.82) is 0 Å². The number of carbonyl (C=O) groups excluding carboxylic acids is 1. The highest BCUT2D eigenvalue weighted by Gasteiger charge is 2.39. The van der Waals surface area contributed by atoms with Gasteiger partial charge in [0.1, 0.15) is 0 Å². The van der Waals surface area contributed by atoms with Gasteiger partial charge >= 0.3 is 0 Å². The molecular formula is C12H24N2O. The number of carbonyl (C=O) groups is 1. The second-order valence-electron chi connectivity index (χ2n) is 4.39. The van der Waals surface area contributed by atoms with Crippen LogP contribution in [0.15, 0.2) is 0 Å². The van der Waals surface area contributed by atoms with Crippen molar-refractivity contribution < 1.29 is 4.79 Å². The minimum Gasteiger partial charge on any atom is -0.343 e. The van der Waals surface area contributed by atoms with Crippen molar-refractivity contribution in [2.75, 3.05) is 26.2 Å². The first-order chi connectivity index (χ1) is 7.20. The van der Waals surface area contributed by atoms with E-state index in [2.05, 4.69) is 26.1 Å². The third-order valence-corrected chi connectivity index (χ3v) is 3.65. The number of rotatable bonds is 4. The van der Waals surface area contributed by atoms with Crippen LogP contribution in [0.25, 0.3) is 0 Å². The number of hydrogen-bond donors (Lipinski definition) is 1. The lowest BCUT2D eigenvalue weighted by Gasteiger charge is -2.39. The summed E-state index contributed by atoms with van der Waals surface area (Å²) in [4.78, 5) is 14.4. The number of amides is 1. The molecule has 0 aliphatic carbocycles. The van der Waals surface area contributed by atoms with Crippen LogP contribution in [0.4, 0.5) is 0 Å². The lowest BCUT2D eigenvalue weighted by molar-refractivity contribution is -0.143. The number of nitrogens with zero attached hydrogens (tertiary/aromatic N) is 1. The summed E-state index contributed by atoms with van der Waals surface area (Å²) < 4.78 is 0. The second kappa shape index (κ2) is 5.50. The van der Waals surface area contributed by atoms with Gasteiger partial charge in [-0.3, -0.25) is 4.79 Å². The highest BCUT2D eigenvalue weighted by atomic mass is 16.2. The highest BCUT2D eigenvalue weighted by Crippen LogP contribution is 2.32. The predicted molar refractivity (Wildman–Crippen MR) is 62.8 cm³/mol. The summed E-state index contributed by atoms with van der Waals surface area (Å²) >= 11 is 0. The molecule has 1 atom stereocenters. The van der Waals surface area contributed by atoms with E-state index in [0.717, 1.165) is 45.4 Å². The Morgan fingerprint density at radius 3 is 2.40 bits per heavy atom. The maximum absolute atomic E-state index is 12.4. The fourth-order valence-corrected chi connectivity index (χ4v) is 2.45. The monoisotopic (exact) mass is 212 g/mol. The van der Waals surface area contributed by atoms with E-state index in [4.69, 9.17) is 0 Å². The molecule has 1 fully saturated rings. The molecule has 3 heteroatoms. The Morgan fingerprint density at radius 2 is 2.00 bits per heavy atom. The van der Waals surface area contributed by atoms with E-state index in [1.807, 2.05) is 4.90 Å². The van der Waals surface area contributed by atoms with Crippen LogP contribution < -0.4 is 5.32 Å². The summed E-state index contributed by atoms with van der Waals surface area (Å²) in [5, 5.41) is 3.36. The van der Waals surface area contributed by atoms with Crippen molar-refractivity contribution in [3.63, 3.8) is 0 Å². The van der Waals surface area contributed by atoms with E-state index in [1.54, 1.807) is 0 Å². The fraction of sp³-hybridized carbons (Fsp3) is 0.917. The van der Waals surface area contributed by atoms with Crippen molar-refractivity contribution in [2.24, 2.45) is 5.41 Å². The van der Waals surface area contributed by atoms with Crippen LogP contribution in [0.2, 0.25) is 0 Å². The Hall–Kier alpha value is -0.570. The molecule has 0 aromatic rings. The standard InChI is InChI=1S/C12H24N2O/c1-4-12(8-7-9-13-10-12)11(15)14(5-2)6-3/h13H,4-10H2,1-3H3. The Bertz CT molecular complexity index is 206. The average Bonchev–Trinajstić information content (AvgIpc) is 2.31. The summed E-state index contributed by atoms with van der Waals surface area (Å²) in [6.07, 6.45) is 3.13. The molecule has 1 rings (SSSR count). The Labute approximate surface area is 93.2 Å². The number of hydrogen-bond acceptors (Lipinski definition) is 2. The zero-order valence-electron chi connectivity index (χ0n) is 10.3. The van der Waals surface area contributed by atoms with Crippen LogP contribution in [-0.4, -0.2) is 37.0 Å². The quantitative estimate of drug-likeness (QED) is 0.768. The summed E-state index contributed by atoms with van der Waals surface area (Å²) in [5.74, 6) is 0.349. The van der Waals surface area contributed by atoms with Crippen LogP contribution in [0.3, 0.4) is 0 Å². The van der Waals surface area contributed by atoms with Gasteiger partial charge in [0, 0.05) is 19.6 Å². The zero-order chi connectivity index (χ0) is 11.3. The van der Waals surface area contributed by atoms with E-state index in [9.17, 15) is 4.79 Å². The van der Waals surface area contributed by atoms with Gasteiger partial charge in [0.2, 0.25) is 5.91 Å². The van der Waals surface area contributed by atoms with Crippen molar-refractivity contribution >= 4 is 5.91 Å². The lowest BCUT2D eigenvalue weighted by atomic mass is 9.77.